The van der Waals surface area contributed by atoms with Gasteiger partial charge in [0.1, 0.15) is 6.07 Å². The van der Waals surface area contributed by atoms with Crippen LogP contribution in [0.5, 0.6) is 0 Å². The summed E-state index contributed by atoms with van der Waals surface area (Å²) in [6.07, 6.45) is 0. The molecular weight excluding hydrogens is 585 g/mol. The number of para-hydroxylation sites is 4. The van der Waals surface area contributed by atoms with Gasteiger partial charge >= 0.3 is 0 Å². The second kappa shape index (κ2) is 10.9. The van der Waals surface area contributed by atoms with Crippen LogP contribution in [0.4, 0.5) is 0 Å². The Morgan fingerprint density at radius 1 is 0.417 bits per heavy atom. The first-order valence-corrected chi connectivity index (χ1v) is 15.9. The molecule has 7 aromatic carbocycles. The third kappa shape index (κ3) is 4.14. The first-order chi connectivity index (χ1) is 23.7. The normalized spacial score (nSPS) is 11.3. The van der Waals surface area contributed by atoms with Crippen molar-refractivity contribution in [3.8, 4) is 45.8 Å². The van der Waals surface area contributed by atoms with E-state index in [1.807, 2.05) is 42.5 Å². The maximum absolute atomic E-state index is 10.2. The summed E-state index contributed by atoms with van der Waals surface area (Å²) in [7, 11) is 0. The molecule has 222 valence electrons. The van der Waals surface area contributed by atoms with Crippen LogP contribution in [-0.4, -0.2) is 9.13 Å². The van der Waals surface area contributed by atoms with Gasteiger partial charge in [-0.25, -0.2) is 0 Å². The number of hydrogen-bond donors (Lipinski definition) is 0. The molecule has 4 nitrogen and oxygen atoms in total. The Labute approximate surface area is 277 Å². The van der Waals surface area contributed by atoms with Gasteiger partial charge in [-0.15, -0.1) is 0 Å². The maximum Gasteiger partial charge on any atom is 0.101 e. The molecule has 9 aromatic rings. The second-order valence-electron chi connectivity index (χ2n) is 12.0. The third-order valence-corrected chi connectivity index (χ3v) is 9.37. The topological polar surface area (TPSA) is 57.4 Å². The number of nitriles is 2. The molecule has 2 aromatic heterocycles. The molecule has 0 radical (unpaired) electrons. The van der Waals surface area contributed by atoms with E-state index in [0.29, 0.717) is 11.1 Å². The second-order valence-corrected chi connectivity index (χ2v) is 12.0. The minimum atomic E-state index is 0.559. The van der Waals surface area contributed by atoms with Crippen molar-refractivity contribution in [1.82, 2.24) is 9.13 Å². The summed E-state index contributed by atoms with van der Waals surface area (Å²) in [5, 5.41) is 24.7. The largest absolute Gasteiger partial charge is 0.309 e. The lowest BCUT2D eigenvalue weighted by Crippen LogP contribution is -2.00. The molecule has 0 spiro atoms. The summed E-state index contributed by atoms with van der Waals surface area (Å²) in [5.74, 6) is 0. The van der Waals surface area contributed by atoms with Crippen molar-refractivity contribution in [3.63, 3.8) is 0 Å². The Morgan fingerprint density at radius 3 is 1.67 bits per heavy atom. The predicted molar refractivity (Wildman–Crippen MR) is 195 cm³/mol. The summed E-state index contributed by atoms with van der Waals surface area (Å²) in [6.45, 7) is 0. The molecule has 0 aliphatic rings. The Kier molecular flexibility index (Phi) is 6.22. The van der Waals surface area contributed by atoms with Crippen LogP contribution in [0.2, 0.25) is 0 Å². The van der Waals surface area contributed by atoms with Gasteiger partial charge in [0.05, 0.1) is 45.0 Å². The van der Waals surface area contributed by atoms with Crippen molar-refractivity contribution in [2.24, 2.45) is 0 Å². The zero-order chi connectivity index (χ0) is 32.2. The van der Waals surface area contributed by atoms with Crippen LogP contribution in [0.15, 0.2) is 158 Å². The Morgan fingerprint density at radius 2 is 0.979 bits per heavy atom. The van der Waals surface area contributed by atoms with Gasteiger partial charge < -0.3 is 9.13 Å². The first-order valence-electron chi connectivity index (χ1n) is 15.9. The number of benzene rings is 7. The fourth-order valence-corrected chi connectivity index (χ4v) is 7.28. The molecular formula is C44H26N4. The zero-order valence-corrected chi connectivity index (χ0v) is 25.8. The van der Waals surface area contributed by atoms with Crippen LogP contribution in [0, 0.1) is 22.7 Å². The SMILES string of the molecule is N#Cc1ccc(-c2cccc(-c3cccc(-n4c5ccccc5c5ccccc54)c3)c2)c(-n2c3ccccc3c3cccc(C#N)c32)c1. The average molecular weight is 611 g/mol. The summed E-state index contributed by atoms with van der Waals surface area (Å²) in [5.41, 5.74) is 11.5. The minimum absolute atomic E-state index is 0.559. The summed E-state index contributed by atoms with van der Waals surface area (Å²) < 4.78 is 4.49. The highest BCUT2D eigenvalue weighted by molar-refractivity contribution is 6.12. The number of fused-ring (bicyclic) bond motifs is 6. The van der Waals surface area contributed by atoms with Crippen molar-refractivity contribution in [3.05, 3.63) is 169 Å². The fourth-order valence-electron chi connectivity index (χ4n) is 7.28. The van der Waals surface area contributed by atoms with Crippen LogP contribution >= 0.6 is 0 Å². The summed E-state index contributed by atoms with van der Waals surface area (Å²) in [6, 6.07) is 59.0. The molecule has 0 bridgehead atoms. The van der Waals surface area contributed by atoms with Crippen LogP contribution in [0.1, 0.15) is 11.1 Å². The number of rotatable bonds is 4. The molecule has 0 atom stereocenters. The van der Waals surface area contributed by atoms with E-state index in [1.54, 1.807) is 0 Å². The molecule has 0 amide bonds. The fraction of sp³-hybridized carbons (Fsp3) is 0. The predicted octanol–water partition coefficient (Wildman–Crippen LogP) is 11.0. The maximum atomic E-state index is 10.2. The summed E-state index contributed by atoms with van der Waals surface area (Å²) >= 11 is 0. The van der Waals surface area contributed by atoms with Gasteiger partial charge in [-0.3, -0.25) is 0 Å². The molecule has 9 rings (SSSR count). The van der Waals surface area contributed by atoms with Gasteiger partial charge in [0, 0.05) is 32.8 Å². The molecule has 48 heavy (non-hydrogen) atoms. The molecule has 0 fully saturated rings. The number of aromatic nitrogens is 2. The molecule has 0 saturated carbocycles. The third-order valence-electron chi connectivity index (χ3n) is 9.37. The Hall–Kier alpha value is -6.88. The van der Waals surface area contributed by atoms with E-state index in [-0.39, 0.29) is 0 Å². The van der Waals surface area contributed by atoms with Gasteiger partial charge in [0.2, 0.25) is 0 Å². The van der Waals surface area contributed by atoms with Crippen molar-refractivity contribution in [1.29, 1.82) is 10.5 Å². The highest BCUT2D eigenvalue weighted by Crippen LogP contribution is 2.39. The van der Waals surface area contributed by atoms with E-state index in [0.717, 1.165) is 55.4 Å². The van der Waals surface area contributed by atoms with Crippen LogP contribution in [0.25, 0.3) is 77.2 Å². The Bertz CT molecular complexity index is 2760. The van der Waals surface area contributed by atoms with Gasteiger partial charge in [-0.2, -0.15) is 10.5 Å². The van der Waals surface area contributed by atoms with Crippen LogP contribution in [-0.2, 0) is 0 Å². The zero-order valence-electron chi connectivity index (χ0n) is 25.8. The molecule has 0 N–H and O–H groups in total. The molecule has 0 unspecified atom stereocenters. The smallest absolute Gasteiger partial charge is 0.101 e. The molecule has 2 heterocycles. The quantitative estimate of drug-likeness (QED) is 0.199. The lowest BCUT2D eigenvalue weighted by molar-refractivity contribution is 1.17. The van der Waals surface area contributed by atoms with E-state index < -0.39 is 0 Å². The van der Waals surface area contributed by atoms with E-state index in [1.165, 1.54) is 21.8 Å². The lowest BCUT2D eigenvalue weighted by Gasteiger charge is -2.16. The van der Waals surface area contributed by atoms with E-state index >= 15 is 0 Å². The minimum Gasteiger partial charge on any atom is -0.309 e. The standard InChI is InChI=1S/C44H26N4/c45-27-29-22-23-35(43(24-29)48-42-21-6-3-17-38(42)39-18-9-13-33(28-46)44(39)48)32-12-7-10-30(25-32)31-11-8-14-34(26-31)47-40-19-4-1-15-36(40)37-16-2-5-20-41(37)47/h1-26H. The van der Waals surface area contributed by atoms with Gasteiger partial charge in [-0.1, -0.05) is 103 Å². The van der Waals surface area contributed by atoms with E-state index in [4.69, 9.17) is 0 Å². The van der Waals surface area contributed by atoms with Crippen LogP contribution in [0.3, 0.4) is 0 Å². The number of hydrogen-bond acceptors (Lipinski definition) is 2. The Balaban J connectivity index is 1.24. The molecule has 0 saturated heterocycles. The van der Waals surface area contributed by atoms with Crippen molar-refractivity contribution >= 4 is 43.6 Å². The highest BCUT2D eigenvalue weighted by atomic mass is 15.0. The van der Waals surface area contributed by atoms with Crippen LogP contribution < -0.4 is 0 Å². The van der Waals surface area contributed by atoms with Crippen molar-refractivity contribution in [2.45, 2.75) is 0 Å². The average Bonchev–Trinajstić information content (AvgIpc) is 3.68. The summed E-state index contributed by atoms with van der Waals surface area (Å²) in [4.78, 5) is 0. The van der Waals surface area contributed by atoms with Gasteiger partial charge in [-0.05, 0) is 71.3 Å². The molecule has 4 heteroatoms. The first kappa shape index (κ1) is 27.4. The molecule has 0 aliphatic heterocycles. The van der Waals surface area contributed by atoms with Gasteiger partial charge in [0.25, 0.3) is 0 Å². The monoisotopic (exact) mass is 610 g/mol. The lowest BCUT2D eigenvalue weighted by atomic mass is 9.96. The van der Waals surface area contributed by atoms with Gasteiger partial charge in [0.15, 0.2) is 0 Å². The van der Waals surface area contributed by atoms with Crippen molar-refractivity contribution < 1.29 is 0 Å². The number of nitrogens with zero attached hydrogens (tertiary/aromatic N) is 4. The highest BCUT2D eigenvalue weighted by Gasteiger charge is 2.19. The molecule has 0 aliphatic carbocycles. The van der Waals surface area contributed by atoms with Crippen molar-refractivity contribution in [2.75, 3.05) is 0 Å². The van der Waals surface area contributed by atoms with E-state index in [9.17, 15) is 10.5 Å². The van der Waals surface area contributed by atoms with E-state index in [2.05, 4.69) is 137 Å².